The molecule has 2 atom stereocenters. The summed E-state index contributed by atoms with van der Waals surface area (Å²) in [5, 5.41) is 8.70. The van der Waals surface area contributed by atoms with Crippen LogP contribution in [0, 0.1) is 5.92 Å². The summed E-state index contributed by atoms with van der Waals surface area (Å²) >= 11 is 0. The van der Waals surface area contributed by atoms with Gasteiger partial charge < -0.3 is 0 Å². The van der Waals surface area contributed by atoms with Crippen LogP contribution in [0.2, 0.25) is 0 Å². The zero-order valence-electron chi connectivity index (χ0n) is 7.33. The van der Waals surface area contributed by atoms with Crippen LogP contribution in [0.15, 0.2) is 11.6 Å². The van der Waals surface area contributed by atoms with Gasteiger partial charge in [-0.15, -0.1) is 0 Å². The van der Waals surface area contributed by atoms with Gasteiger partial charge >= 0.3 is 0 Å². The Hall–Kier alpha value is -0.340. The molecule has 2 heteroatoms. The average molecular weight is 168 g/mol. The molecule has 1 N–H and O–H groups in total. The van der Waals surface area contributed by atoms with E-state index < -0.39 is 0 Å². The SMILES string of the molecule is OO[C@@H]1CCCC2=CCCCC21. The number of hydrogen-bond donors (Lipinski definition) is 1. The van der Waals surface area contributed by atoms with E-state index in [1.807, 2.05) is 0 Å². The maximum absolute atomic E-state index is 8.70. The smallest absolute Gasteiger partial charge is 0.0992 e. The molecular formula is C10H16O2. The number of hydrogen-bond acceptors (Lipinski definition) is 2. The quantitative estimate of drug-likeness (QED) is 0.370. The largest absolute Gasteiger partial charge is 0.252 e. The fraction of sp³-hybridized carbons (Fsp3) is 0.800. The first-order valence-electron chi connectivity index (χ1n) is 4.91. The van der Waals surface area contributed by atoms with Gasteiger partial charge in [0.25, 0.3) is 0 Å². The Kier molecular flexibility index (Phi) is 2.47. The molecule has 12 heavy (non-hydrogen) atoms. The molecule has 0 amide bonds. The maximum Gasteiger partial charge on any atom is 0.0992 e. The number of allylic oxidation sites excluding steroid dienone is 1. The van der Waals surface area contributed by atoms with Crippen LogP contribution in [-0.2, 0) is 4.89 Å². The molecule has 0 aliphatic heterocycles. The molecule has 2 aliphatic carbocycles. The van der Waals surface area contributed by atoms with Gasteiger partial charge in [-0.3, -0.25) is 5.26 Å². The van der Waals surface area contributed by atoms with Crippen LogP contribution in [0.1, 0.15) is 38.5 Å². The summed E-state index contributed by atoms with van der Waals surface area (Å²) in [6, 6.07) is 0. The maximum atomic E-state index is 8.70. The molecule has 0 bridgehead atoms. The van der Waals surface area contributed by atoms with Crippen molar-refractivity contribution in [2.75, 3.05) is 0 Å². The van der Waals surface area contributed by atoms with E-state index in [1.165, 1.54) is 37.7 Å². The Bertz CT molecular complexity index is 186. The van der Waals surface area contributed by atoms with Gasteiger partial charge in [0.15, 0.2) is 0 Å². The van der Waals surface area contributed by atoms with Crippen molar-refractivity contribution in [2.24, 2.45) is 5.92 Å². The van der Waals surface area contributed by atoms with Crippen molar-refractivity contribution in [2.45, 2.75) is 44.6 Å². The highest BCUT2D eigenvalue weighted by molar-refractivity contribution is 5.14. The fourth-order valence-electron chi connectivity index (χ4n) is 2.51. The lowest BCUT2D eigenvalue weighted by Crippen LogP contribution is -2.30. The normalized spacial score (nSPS) is 35.6. The molecular weight excluding hydrogens is 152 g/mol. The van der Waals surface area contributed by atoms with Gasteiger partial charge in [0.1, 0.15) is 0 Å². The van der Waals surface area contributed by atoms with E-state index in [0.29, 0.717) is 5.92 Å². The molecule has 0 aromatic carbocycles. The van der Waals surface area contributed by atoms with Gasteiger partial charge in [-0.2, -0.15) is 0 Å². The second-order valence-corrected chi connectivity index (χ2v) is 3.85. The molecule has 2 rings (SSSR count). The topological polar surface area (TPSA) is 29.5 Å². The minimum atomic E-state index is 0.0882. The third-order valence-corrected chi connectivity index (χ3v) is 3.14. The van der Waals surface area contributed by atoms with Crippen molar-refractivity contribution in [3.05, 3.63) is 11.6 Å². The predicted molar refractivity (Wildman–Crippen MR) is 46.8 cm³/mol. The highest BCUT2D eigenvalue weighted by Crippen LogP contribution is 2.37. The van der Waals surface area contributed by atoms with Crippen molar-refractivity contribution >= 4 is 0 Å². The third-order valence-electron chi connectivity index (χ3n) is 3.14. The van der Waals surface area contributed by atoms with E-state index in [9.17, 15) is 0 Å². The van der Waals surface area contributed by atoms with Crippen LogP contribution in [-0.4, -0.2) is 11.4 Å². The molecule has 0 spiro atoms. The standard InChI is InChI=1S/C10H16O2/c11-12-10-7-3-5-8-4-1-2-6-9(8)10/h4,9-11H,1-3,5-7H2/t9?,10-/m1/s1. The van der Waals surface area contributed by atoms with Crippen LogP contribution < -0.4 is 0 Å². The van der Waals surface area contributed by atoms with Crippen LogP contribution >= 0.6 is 0 Å². The van der Waals surface area contributed by atoms with E-state index in [-0.39, 0.29) is 6.10 Å². The highest BCUT2D eigenvalue weighted by Gasteiger charge is 2.30. The van der Waals surface area contributed by atoms with Gasteiger partial charge in [-0.25, -0.2) is 4.89 Å². The molecule has 1 saturated carbocycles. The first-order chi connectivity index (χ1) is 5.92. The monoisotopic (exact) mass is 168 g/mol. The fourth-order valence-corrected chi connectivity index (χ4v) is 2.51. The molecule has 2 nitrogen and oxygen atoms in total. The Balaban J connectivity index is 2.10. The Morgan fingerprint density at radius 2 is 2.25 bits per heavy atom. The second kappa shape index (κ2) is 3.58. The van der Waals surface area contributed by atoms with Gasteiger partial charge in [0, 0.05) is 5.92 Å². The van der Waals surface area contributed by atoms with Crippen LogP contribution in [0.5, 0.6) is 0 Å². The minimum absolute atomic E-state index is 0.0882. The van der Waals surface area contributed by atoms with E-state index in [4.69, 9.17) is 5.26 Å². The molecule has 0 aromatic heterocycles. The Labute approximate surface area is 73.2 Å². The van der Waals surface area contributed by atoms with Crippen molar-refractivity contribution < 1.29 is 10.1 Å². The average Bonchev–Trinajstić information content (AvgIpc) is 2.17. The summed E-state index contributed by atoms with van der Waals surface area (Å²) < 4.78 is 0. The van der Waals surface area contributed by atoms with E-state index in [1.54, 1.807) is 0 Å². The number of rotatable bonds is 1. The lowest BCUT2D eigenvalue weighted by atomic mass is 9.76. The molecule has 0 heterocycles. The molecule has 0 aromatic rings. The van der Waals surface area contributed by atoms with Gasteiger partial charge in [-0.05, 0) is 38.5 Å². The van der Waals surface area contributed by atoms with Crippen molar-refractivity contribution in [3.8, 4) is 0 Å². The zero-order chi connectivity index (χ0) is 8.39. The zero-order valence-corrected chi connectivity index (χ0v) is 7.33. The number of fused-ring (bicyclic) bond motifs is 1. The summed E-state index contributed by atoms with van der Waals surface area (Å²) in [6.07, 6.45) is 9.55. The third kappa shape index (κ3) is 1.41. The summed E-state index contributed by atoms with van der Waals surface area (Å²) in [5.74, 6) is 0.525. The van der Waals surface area contributed by atoms with Crippen molar-refractivity contribution in [3.63, 3.8) is 0 Å². The lowest BCUT2D eigenvalue weighted by molar-refractivity contribution is -0.291. The molecule has 0 radical (unpaired) electrons. The van der Waals surface area contributed by atoms with Crippen molar-refractivity contribution in [1.29, 1.82) is 0 Å². The van der Waals surface area contributed by atoms with Gasteiger partial charge in [0.05, 0.1) is 6.10 Å². The van der Waals surface area contributed by atoms with E-state index >= 15 is 0 Å². The minimum Gasteiger partial charge on any atom is -0.252 e. The first-order valence-corrected chi connectivity index (χ1v) is 4.91. The van der Waals surface area contributed by atoms with Crippen LogP contribution in [0.3, 0.4) is 0 Å². The molecule has 0 saturated heterocycles. The van der Waals surface area contributed by atoms with Gasteiger partial charge in [0.2, 0.25) is 0 Å². The molecule has 2 aliphatic rings. The summed E-state index contributed by atoms with van der Waals surface area (Å²) in [5.41, 5.74) is 1.53. The molecule has 1 unspecified atom stereocenters. The second-order valence-electron chi connectivity index (χ2n) is 3.85. The van der Waals surface area contributed by atoms with Crippen LogP contribution in [0.4, 0.5) is 0 Å². The predicted octanol–water partition coefficient (Wildman–Crippen LogP) is 2.76. The summed E-state index contributed by atoms with van der Waals surface area (Å²) in [4.78, 5) is 4.52. The Morgan fingerprint density at radius 1 is 1.33 bits per heavy atom. The molecule has 68 valence electrons. The highest BCUT2D eigenvalue weighted by atomic mass is 17.1. The lowest BCUT2D eigenvalue weighted by Gasteiger charge is -2.34. The summed E-state index contributed by atoms with van der Waals surface area (Å²) in [7, 11) is 0. The Morgan fingerprint density at radius 3 is 3.08 bits per heavy atom. The summed E-state index contributed by atoms with van der Waals surface area (Å²) in [6.45, 7) is 0. The first kappa shape index (κ1) is 8.27. The van der Waals surface area contributed by atoms with Crippen molar-refractivity contribution in [1.82, 2.24) is 0 Å². The van der Waals surface area contributed by atoms with E-state index in [2.05, 4.69) is 11.0 Å². The van der Waals surface area contributed by atoms with Gasteiger partial charge in [-0.1, -0.05) is 11.6 Å². The molecule has 1 fully saturated rings. The van der Waals surface area contributed by atoms with E-state index in [0.717, 1.165) is 6.42 Å². The van der Waals surface area contributed by atoms with Crippen LogP contribution in [0.25, 0.3) is 0 Å².